The van der Waals surface area contributed by atoms with Crippen LogP contribution < -0.4 is 9.47 Å². The van der Waals surface area contributed by atoms with Gasteiger partial charge >= 0.3 is 5.97 Å². The maximum atomic E-state index is 14.7. The van der Waals surface area contributed by atoms with Gasteiger partial charge in [0.2, 0.25) is 0 Å². The normalized spacial score (nSPS) is 16.2. The molecule has 256 valence electrons. The molecule has 1 aliphatic heterocycles. The second-order valence-electron chi connectivity index (χ2n) is 10.9. The first-order valence-corrected chi connectivity index (χ1v) is 16.5. The van der Waals surface area contributed by atoms with Crippen LogP contribution in [0.4, 0.5) is 4.39 Å². The van der Waals surface area contributed by atoms with E-state index >= 15 is 0 Å². The highest BCUT2D eigenvalue weighted by atomic mass is 19.1. The van der Waals surface area contributed by atoms with Gasteiger partial charge in [0.25, 0.3) is 0 Å². The quantitative estimate of drug-likeness (QED) is 0.0901. The molecule has 9 nitrogen and oxygen atoms in total. The largest absolute Gasteiger partial charge is 0.494 e. The van der Waals surface area contributed by atoms with Gasteiger partial charge in [-0.05, 0) is 80.3 Å². The highest BCUT2D eigenvalue weighted by Gasteiger charge is 2.11. The molecule has 0 radical (unpaired) electrons. The summed E-state index contributed by atoms with van der Waals surface area (Å²) in [5.74, 6) is 0.253. The molecule has 1 atom stereocenters. The topological polar surface area (TPSA) is 90.9 Å². The first kappa shape index (κ1) is 37.4. The van der Waals surface area contributed by atoms with Crippen LogP contribution in [0, 0.1) is 5.82 Å². The molecule has 46 heavy (non-hydrogen) atoms. The lowest BCUT2D eigenvalue weighted by atomic mass is 10.1. The predicted octanol–water partition coefficient (Wildman–Crippen LogP) is 6.57. The molecule has 0 aromatic heterocycles. The third-order valence-electron chi connectivity index (χ3n) is 7.21. The second-order valence-corrected chi connectivity index (χ2v) is 10.9. The van der Waals surface area contributed by atoms with E-state index in [4.69, 9.17) is 37.9 Å². The number of rotatable bonds is 20. The van der Waals surface area contributed by atoms with Crippen LogP contribution in [0.15, 0.2) is 55.1 Å². The number of hydrogen-bond acceptors (Lipinski definition) is 9. The van der Waals surface area contributed by atoms with Crippen molar-refractivity contribution >= 4 is 5.97 Å². The zero-order chi connectivity index (χ0) is 32.5. The SMILES string of the molecule is C=CC(=O)OCCCCCCOc1ccc(-c2ccc(OCCCCCCOCC3COCCOCCOCCO3)cc2)cc1F. The van der Waals surface area contributed by atoms with Crippen molar-refractivity contribution < 1.29 is 47.1 Å². The van der Waals surface area contributed by atoms with E-state index in [1.165, 1.54) is 6.07 Å². The summed E-state index contributed by atoms with van der Waals surface area (Å²) < 4.78 is 59.3. The van der Waals surface area contributed by atoms with Crippen LogP contribution in [0.25, 0.3) is 11.1 Å². The first-order valence-electron chi connectivity index (χ1n) is 16.5. The van der Waals surface area contributed by atoms with Crippen LogP contribution in [-0.2, 0) is 33.2 Å². The van der Waals surface area contributed by atoms with Crippen LogP contribution >= 0.6 is 0 Å². The van der Waals surface area contributed by atoms with Gasteiger partial charge in [0.1, 0.15) is 11.9 Å². The molecule has 0 aliphatic carbocycles. The highest BCUT2D eigenvalue weighted by Crippen LogP contribution is 2.27. The Morgan fingerprint density at radius 1 is 0.739 bits per heavy atom. The monoisotopic (exact) mass is 646 g/mol. The molecule has 1 fully saturated rings. The van der Waals surface area contributed by atoms with E-state index in [2.05, 4.69) is 6.58 Å². The number of esters is 1. The van der Waals surface area contributed by atoms with Gasteiger partial charge in [-0.25, -0.2) is 9.18 Å². The molecule has 2 aromatic carbocycles. The van der Waals surface area contributed by atoms with Crippen molar-refractivity contribution in [2.24, 2.45) is 0 Å². The summed E-state index contributed by atoms with van der Waals surface area (Å²) in [4.78, 5) is 11.0. The van der Waals surface area contributed by atoms with Crippen LogP contribution in [-0.4, -0.2) is 91.4 Å². The lowest BCUT2D eigenvalue weighted by molar-refractivity contribution is -0.137. The van der Waals surface area contributed by atoms with E-state index in [0.29, 0.717) is 79.3 Å². The van der Waals surface area contributed by atoms with Gasteiger partial charge in [0.15, 0.2) is 11.6 Å². The smallest absolute Gasteiger partial charge is 0.330 e. The van der Waals surface area contributed by atoms with Crippen LogP contribution in [0.5, 0.6) is 11.5 Å². The average Bonchev–Trinajstić information content (AvgIpc) is 3.06. The maximum Gasteiger partial charge on any atom is 0.330 e. The summed E-state index contributed by atoms with van der Waals surface area (Å²) >= 11 is 0. The molecule has 0 bridgehead atoms. The van der Waals surface area contributed by atoms with Crippen LogP contribution in [0.1, 0.15) is 51.4 Å². The predicted molar refractivity (Wildman–Crippen MR) is 174 cm³/mol. The third-order valence-corrected chi connectivity index (χ3v) is 7.21. The fourth-order valence-electron chi connectivity index (χ4n) is 4.65. The molecular formula is C36H51FO9. The zero-order valence-electron chi connectivity index (χ0n) is 27.1. The van der Waals surface area contributed by atoms with Gasteiger partial charge in [-0.2, -0.15) is 0 Å². The molecule has 2 aromatic rings. The average molecular weight is 647 g/mol. The number of carbonyl (C=O) groups is 1. The maximum absolute atomic E-state index is 14.7. The lowest BCUT2D eigenvalue weighted by Gasteiger charge is -2.19. The Balaban J connectivity index is 1.22. The molecule has 0 amide bonds. The second kappa shape index (κ2) is 24.2. The summed E-state index contributed by atoms with van der Waals surface area (Å²) in [5.41, 5.74) is 1.69. The van der Waals surface area contributed by atoms with Crippen molar-refractivity contribution in [1.29, 1.82) is 0 Å². The Morgan fingerprint density at radius 3 is 2.04 bits per heavy atom. The Bertz CT molecular complexity index is 1080. The number of halogens is 1. The minimum Gasteiger partial charge on any atom is -0.494 e. The van der Waals surface area contributed by atoms with Gasteiger partial charge in [0, 0.05) is 12.7 Å². The minimum atomic E-state index is -0.402. The Kier molecular flexibility index (Phi) is 19.7. The molecule has 1 heterocycles. The van der Waals surface area contributed by atoms with E-state index in [-0.39, 0.29) is 17.7 Å². The number of hydrogen-bond donors (Lipinski definition) is 0. The van der Waals surface area contributed by atoms with E-state index in [1.807, 2.05) is 30.3 Å². The number of unbranched alkanes of at least 4 members (excludes halogenated alkanes) is 6. The van der Waals surface area contributed by atoms with E-state index < -0.39 is 5.97 Å². The Labute approximate surface area is 273 Å². The van der Waals surface area contributed by atoms with Gasteiger partial charge < -0.3 is 37.9 Å². The summed E-state index contributed by atoms with van der Waals surface area (Å²) in [6, 6.07) is 12.7. The molecule has 10 heteroatoms. The van der Waals surface area contributed by atoms with Crippen molar-refractivity contribution in [3.05, 3.63) is 60.9 Å². The molecule has 0 saturated carbocycles. The zero-order valence-corrected chi connectivity index (χ0v) is 27.1. The van der Waals surface area contributed by atoms with Crippen molar-refractivity contribution in [2.45, 2.75) is 57.5 Å². The van der Waals surface area contributed by atoms with Crippen molar-refractivity contribution in [3.8, 4) is 22.6 Å². The standard InChI is InChI=1S/C36H51FO9/c1-2-36(38)46-20-10-6-5-9-19-45-35-16-13-31(27-34(35)37)30-11-14-32(15-12-30)43-18-8-4-3-7-17-41-28-33-29-42-24-23-39-21-22-40-25-26-44-33/h2,11-16,27,33H,1,3-10,17-26,28-29H2. The van der Waals surface area contributed by atoms with Crippen LogP contribution in [0.3, 0.4) is 0 Å². The third kappa shape index (κ3) is 16.5. The molecule has 3 rings (SSSR count). The molecule has 1 unspecified atom stereocenters. The fraction of sp³-hybridized carbons (Fsp3) is 0.583. The van der Waals surface area contributed by atoms with Crippen LogP contribution in [0.2, 0.25) is 0 Å². The molecule has 1 saturated heterocycles. The Morgan fingerprint density at radius 2 is 1.35 bits per heavy atom. The van der Waals surface area contributed by atoms with Crippen molar-refractivity contribution in [2.75, 3.05) is 79.3 Å². The molecule has 1 aliphatic rings. The van der Waals surface area contributed by atoms with Gasteiger partial charge in [-0.1, -0.05) is 31.2 Å². The van der Waals surface area contributed by atoms with E-state index in [1.54, 1.807) is 6.07 Å². The number of carbonyl (C=O) groups excluding carboxylic acids is 1. The summed E-state index contributed by atoms with van der Waals surface area (Å²) in [6.45, 7) is 9.81. The fourth-order valence-corrected chi connectivity index (χ4v) is 4.65. The van der Waals surface area contributed by atoms with Gasteiger partial charge in [0.05, 0.1) is 72.7 Å². The van der Waals surface area contributed by atoms with Crippen molar-refractivity contribution in [3.63, 3.8) is 0 Å². The summed E-state index contributed by atoms with van der Waals surface area (Å²) in [7, 11) is 0. The van der Waals surface area contributed by atoms with Gasteiger partial charge in [-0.3, -0.25) is 0 Å². The minimum absolute atomic E-state index is 0.101. The van der Waals surface area contributed by atoms with E-state index in [0.717, 1.165) is 74.3 Å². The Hall–Kier alpha value is -3.02. The molecular weight excluding hydrogens is 595 g/mol. The molecule has 0 N–H and O–H groups in total. The van der Waals surface area contributed by atoms with Crippen molar-refractivity contribution in [1.82, 2.24) is 0 Å². The van der Waals surface area contributed by atoms with Gasteiger partial charge in [-0.15, -0.1) is 0 Å². The number of benzene rings is 2. The summed E-state index contributed by atoms with van der Waals surface area (Å²) in [5, 5.41) is 0. The lowest BCUT2D eigenvalue weighted by Crippen LogP contribution is -2.29. The first-order chi connectivity index (χ1) is 22.7. The van der Waals surface area contributed by atoms with E-state index in [9.17, 15) is 9.18 Å². The summed E-state index contributed by atoms with van der Waals surface area (Å²) in [6.07, 6.45) is 8.53. The molecule has 0 spiro atoms. The number of ether oxygens (including phenoxy) is 8. The highest BCUT2D eigenvalue weighted by molar-refractivity contribution is 5.81.